The number of hydrogen-bond acceptors (Lipinski definition) is 3. The fraction of sp³-hybridized carbons (Fsp3) is 0.556. The highest BCUT2D eigenvalue weighted by molar-refractivity contribution is 5.94. The molecule has 1 rings (SSSR count). The van der Waals surface area contributed by atoms with E-state index in [9.17, 15) is 9.18 Å². The van der Waals surface area contributed by atoms with Crippen LogP contribution in [-0.4, -0.2) is 51.3 Å². The molecule has 0 unspecified atom stereocenters. The summed E-state index contributed by atoms with van der Waals surface area (Å²) in [6.07, 6.45) is 0.861. The lowest BCUT2D eigenvalue weighted by Gasteiger charge is -2.12. The Kier molecular flexibility index (Phi) is 10.2. The number of carbonyl (C=O) groups excluding carboxylic acids is 1. The van der Waals surface area contributed by atoms with Crippen LogP contribution in [0.5, 0.6) is 0 Å². The van der Waals surface area contributed by atoms with Gasteiger partial charge in [-0.25, -0.2) is 4.39 Å². The minimum absolute atomic E-state index is 0.292. The van der Waals surface area contributed by atoms with Gasteiger partial charge in [0.25, 0.3) is 5.91 Å². The van der Waals surface area contributed by atoms with Crippen LogP contribution in [0.3, 0.4) is 0 Å². The molecule has 1 aromatic carbocycles. The van der Waals surface area contributed by atoms with E-state index in [0.29, 0.717) is 49.9 Å². The van der Waals surface area contributed by atoms with Gasteiger partial charge in [-0.05, 0) is 44.9 Å². The van der Waals surface area contributed by atoms with Gasteiger partial charge in [0.2, 0.25) is 0 Å². The molecule has 3 N–H and O–H groups in total. The number of halogens is 1. The van der Waals surface area contributed by atoms with Crippen LogP contribution in [-0.2, 0) is 4.74 Å². The van der Waals surface area contributed by atoms with E-state index in [1.165, 1.54) is 6.07 Å². The number of aryl methyl sites for hydroxylation is 1. The van der Waals surface area contributed by atoms with Crippen LogP contribution in [0.4, 0.5) is 4.39 Å². The monoisotopic (exact) mass is 352 g/mol. The molecule has 0 saturated carbocycles. The summed E-state index contributed by atoms with van der Waals surface area (Å²) >= 11 is 0. The molecule has 0 radical (unpaired) electrons. The minimum atomic E-state index is -0.376. The zero-order chi connectivity index (χ0) is 18.5. The first kappa shape index (κ1) is 20.9. The first-order valence-electron chi connectivity index (χ1n) is 8.72. The van der Waals surface area contributed by atoms with Crippen molar-refractivity contribution in [1.29, 1.82) is 0 Å². The smallest absolute Gasteiger partial charge is 0.251 e. The number of nitrogens with one attached hydrogen (secondary N) is 3. The van der Waals surface area contributed by atoms with Gasteiger partial charge in [-0.1, -0.05) is 6.07 Å². The maximum absolute atomic E-state index is 13.5. The van der Waals surface area contributed by atoms with Crippen LogP contribution in [0, 0.1) is 12.7 Å². The third-order valence-corrected chi connectivity index (χ3v) is 3.40. The number of benzene rings is 1. The normalized spacial score (nSPS) is 11.3. The number of nitrogens with zero attached hydrogens (tertiary/aromatic N) is 1. The third kappa shape index (κ3) is 8.49. The maximum Gasteiger partial charge on any atom is 0.251 e. The lowest BCUT2D eigenvalue weighted by Crippen LogP contribution is -2.41. The van der Waals surface area contributed by atoms with Crippen LogP contribution in [0.1, 0.15) is 36.2 Å². The van der Waals surface area contributed by atoms with E-state index < -0.39 is 0 Å². The highest BCUT2D eigenvalue weighted by Gasteiger charge is 2.07. The Balaban J connectivity index is 2.33. The summed E-state index contributed by atoms with van der Waals surface area (Å²) in [5, 5.41) is 9.05. The van der Waals surface area contributed by atoms with Gasteiger partial charge in [-0.15, -0.1) is 0 Å². The second kappa shape index (κ2) is 12.2. The Bertz CT molecular complexity index is 564. The average Bonchev–Trinajstić information content (AvgIpc) is 2.60. The molecule has 0 fully saturated rings. The van der Waals surface area contributed by atoms with Crippen molar-refractivity contribution in [2.75, 3.05) is 39.4 Å². The fourth-order valence-electron chi connectivity index (χ4n) is 2.04. The molecule has 25 heavy (non-hydrogen) atoms. The Morgan fingerprint density at radius 2 is 1.96 bits per heavy atom. The summed E-state index contributed by atoms with van der Waals surface area (Å²) in [6, 6.07) is 4.47. The van der Waals surface area contributed by atoms with E-state index >= 15 is 0 Å². The summed E-state index contributed by atoms with van der Waals surface area (Å²) in [6.45, 7) is 9.40. The van der Waals surface area contributed by atoms with Crippen molar-refractivity contribution in [3.05, 3.63) is 35.1 Å². The second-order valence-electron chi connectivity index (χ2n) is 5.46. The number of aliphatic imine (C=N–C) groups is 1. The molecule has 0 bridgehead atoms. The molecule has 0 aromatic heterocycles. The molecule has 6 nitrogen and oxygen atoms in total. The molecule has 0 heterocycles. The van der Waals surface area contributed by atoms with Crippen molar-refractivity contribution in [2.45, 2.75) is 27.2 Å². The van der Waals surface area contributed by atoms with Gasteiger partial charge >= 0.3 is 0 Å². The van der Waals surface area contributed by atoms with E-state index in [4.69, 9.17) is 4.74 Å². The first-order valence-corrected chi connectivity index (χ1v) is 8.72. The Hall–Kier alpha value is -2.15. The molecule has 140 valence electrons. The van der Waals surface area contributed by atoms with Crippen LogP contribution >= 0.6 is 0 Å². The zero-order valence-corrected chi connectivity index (χ0v) is 15.3. The lowest BCUT2D eigenvalue weighted by atomic mass is 10.1. The summed E-state index contributed by atoms with van der Waals surface area (Å²) in [7, 11) is 0. The molecular weight excluding hydrogens is 323 g/mol. The molecular formula is C18H29FN4O2. The standard InChI is InChI=1S/C18H29FN4O2/c1-4-20-18(22-9-6-12-25-5-2)23-11-10-21-17(24)15-8-7-14(3)16(19)13-15/h7-8,13H,4-6,9-12H2,1-3H3,(H,21,24)(H2,20,22,23). The first-order chi connectivity index (χ1) is 12.1. The number of amides is 1. The molecule has 1 aromatic rings. The molecule has 0 saturated heterocycles. The molecule has 7 heteroatoms. The molecule has 0 spiro atoms. The highest BCUT2D eigenvalue weighted by Crippen LogP contribution is 2.08. The molecule has 0 aliphatic heterocycles. The van der Waals surface area contributed by atoms with E-state index in [-0.39, 0.29) is 11.7 Å². The highest BCUT2D eigenvalue weighted by atomic mass is 19.1. The summed E-state index contributed by atoms with van der Waals surface area (Å²) in [5.41, 5.74) is 0.841. The van der Waals surface area contributed by atoms with E-state index in [2.05, 4.69) is 20.9 Å². The maximum atomic E-state index is 13.5. The van der Waals surface area contributed by atoms with Crippen molar-refractivity contribution in [3.8, 4) is 0 Å². The summed E-state index contributed by atoms with van der Waals surface area (Å²) < 4.78 is 18.8. The van der Waals surface area contributed by atoms with Crippen LogP contribution in [0.2, 0.25) is 0 Å². The fourth-order valence-corrected chi connectivity index (χ4v) is 2.04. The lowest BCUT2D eigenvalue weighted by molar-refractivity contribution is 0.0954. The summed E-state index contributed by atoms with van der Waals surface area (Å²) in [4.78, 5) is 16.4. The van der Waals surface area contributed by atoms with Gasteiger partial charge in [0, 0.05) is 45.0 Å². The third-order valence-electron chi connectivity index (χ3n) is 3.40. The largest absolute Gasteiger partial charge is 0.382 e. The predicted octanol–water partition coefficient (Wildman–Crippen LogP) is 1.85. The van der Waals surface area contributed by atoms with Crippen molar-refractivity contribution >= 4 is 11.9 Å². The Labute approximate surface area is 149 Å². The van der Waals surface area contributed by atoms with Crippen LogP contribution in [0.15, 0.2) is 23.2 Å². The number of ether oxygens (including phenoxy) is 1. The number of rotatable bonds is 10. The quantitative estimate of drug-likeness (QED) is 0.341. The second-order valence-corrected chi connectivity index (χ2v) is 5.46. The SMILES string of the molecule is CCNC(=NCCCOCC)NCCNC(=O)c1ccc(C)c(F)c1. The number of carbonyl (C=O) groups is 1. The van der Waals surface area contributed by atoms with E-state index in [0.717, 1.165) is 13.0 Å². The topological polar surface area (TPSA) is 74.8 Å². The van der Waals surface area contributed by atoms with Crippen molar-refractivity contribution in [1.82, 2.24) is 16.0 Å². The molecule has 0 atom stereocenters. The van der Waals surface area contributed by atoms with E-state index in [1.807, 2.05) is 13.8 Å². The van der Waals surface area contributed by atoms with Gasteiger partial charge in [-0.3, -0.25) is 9.79 Å². The van der Waals surface area contributed by atoms with Gasteiger partial charge in [-0.2, -0.15) is 0 Å². The Morgan fingerprint density at radius 3 is 2.64 bits per heavy atom. The van der Waals surface area contributed by atoms with Crippen LogP contribution < -0.4 is 16.0 Å². The average molecular weight is 352 g/mol. The zero-order valence-electron chi connectivity index (χ0n) is 15.3. The number of hydrogen-bond donors (Lipinski definition) is 3. The molecule has 0 aliphatic rings. The van der Waals surface area contributed by atoms with E-state index in [1.54, 1.807) is 19.1 Å². The van der Waals surface area contributed by atoms with Gasteiger partial charge in [0.05, 0.1) is 0 Å². The molecule has 1 amide bonds. The summed E-state index contributed by atoms with van der Waals surface area (Å²) in [5.74, 6) is 0.0355. The van der Waals surface area contributed by atoms with Crippen molar-refractivity contribution < 1.29 is 13.9 Å². The molecule has 0 aliphatic carbocycles. The van der Waals surface area contributed by atoms with Gasteiger partial charge < -0.3 is 20.7 Å². The van der Waals surface area contributed by atoms with Gasteiger partial charge in [0.15, 0.2) is 5.96 Å². The van der Waals surface area contributed by atoms with Crippen molar-refractivity contribution in [3.63, 3.8) is 0 Å². The van der Waals surface area contributed by atoms with Crippen molar-refractivity contribution in [2.24, 2.45) is 4.99 Å². The van der Waals surface area contributed by atoms with Gasteiger partial charge in [0.1, 0.15) is 5.82 Å². The Morgan fingerprint density at radius 1 is 1.20 bits per heavy atom. The minimum Gasteiger partial charge on any atom is -0.382 e. The predicted molar refractivity (Wildman–Crippen MR) is 98.6 cm³/mol. The van der Waals surface area contributed by atoms with Crippen LogP contribution in [0.25, 0.3) is 0 Å². The number of guanidine groups is 1.